The van der Waals surface area contributed by atoms with Crippen LogP contribution in [0.4, 0.5) is 0 Å². The van der Waals surface area contributed by atoms with Crippen molar-refractivity contribution in [2.45, 2.75) is 26.2 Å². The Labute approximate surface area is 225 Å². The fourth-order valence-electron chi connectivity index (χ4n) is 3.22. The zero-order chi connectivity index (χ0) is 24.7. The van der Waals surface area contributed by atoms with Crippen LogP contribution in [0, 0.1) is 6.07 Å². The third-order valence-electron chi connectivity index (χ3n) is 5.25. The molecule has 0 aliphatic heterocycles. The summed E-state index contributed by atoms with van der Waals surface area (Å²) in [6.45, 7) is 6.55. The molecule has 4 aromatic heterocycles. The number of benzene rings is 1. The Balaban J connectivity index is 0.000000195. The maximum absolute atomic E-state index is 4.99. The molecule has 7 nitrogen and oxygen atoms in total. The molecule has 5 aromatic rings. The predicted molar refractivity (Wildman–Crippen MR) is 136 cm³/mol. The first-order valence-electron chi connectivity index (χ1n) is 11.2. The molecule has 0 saturated carbocycles. The van der Waals surface area contributed by atoms with Gasteiger partial charge in [-0.2, -0.15) is 5.10 Å². The average Bonchev–Trinajstić information content (AvgIpc) is 3.40. The van der Waals surface area contributed by atoms with Crippen molar-refractivity contribution in [1.29, 1.82) is 0 Å². The van der Waals surface area contributed by atoms with Crippen molar-refractivity contribution < 1.29 is 25.8 Å². The van der Waals surface area contributed by atoms with Crippen LogP contribution in [0.5, 0.6) is 5.88 Å². The Morgan fingerprint density at radius 2 is 1.64 bits per heavy atom. The molecule has 0 atom stereocenters. The van der Waals surface area contributed by atoms with Crippen molar-refractivity contribution in [1.82, 2.24) is 30.4 Å². The van der Waals surface area contributed by atoms with Gasteiger partial charge in [-0.25, -0.2) is 0 Å². The maximum atomic E-state index is 4.99. The number of aromatic nitrogens is 6. The SMILES string of the molecule is COc1ccc(-c2[c-]cc(C(C)(C)C)cc2)nn1.[Pt+2].c1ccc(-c2cc(-c3ccncc3)n[n-]2)nc1. The van der Waals surface area contributed by atoms with Gasteiger partial charge in [-0.3, -0.25) is 9.97 Å². The second kappa shape index (κ2) is 12.3. The number of ether oxygens (including phenoxy) is 1. The van der Waals surface area contributed by atoms with Gasteiger partial charge < -0.3 is 14.9 Å². The van der Waals surface area contributed by atoms with Crippen molar-refractivity contribution in [3.8, 4) is 39.8 Å². The average molecular weight is 658 g/mol. The van der Waals surface area contributed by atoms with E-state index in [2.05, 4.69) is 63.3 Å². The molecule has 0 saturated heterocycles. The molecule has 4 heterocycles. The van der Waals surface area contributed by atoms with E-state index in [9.17, 15) is 0 Å². The van der Waals surface area contributed by atoms with Gasteiger partial charge in [-0.1, -0.05) is 38.6 Å². The largest absolute Gasteiger partial charge is 2.00 e. The Bertz CT molecular complexity index is 1280. The quantitative estimate of drug-likeness (QED) is 0.239. The second-order valence-electron chi connectivity index (χ2n) is 8.77. The second-order valence-corrected chi connectivity index (χ2v) is 8.77. The van der Waals surface area contributed by atoms with E-state index >= 15 is 0 Å². The van der Waals surface area contributed by atoms with Crippen LogP contribution in [0.2, 0.25) is 0 Å². The van der Waals surface area contributed by atoms with Gasteiger partial charge in [0.1, 0.15) is 0 Å². The Hall–Kier alpha value is -3.70. The van der Waals surface area contributed by atoms with E-state index in [4.69, 9.17) is 4.74 Å². The van der Waals surface area contributed by atoms with Gasteiger partial charge in [0, 0.05) is 41.2 Å². The van der Waals surface area contributed by atoms with Gasteiger partial charge in [0.2, 0.25) is 5.88 Å². The molecule has 0 aliphatic rings. The van der Waals surface area contributed by atoms with Gasteiger partial charge in [0.15, 0.2) is 0 Å². The third-order valence-corrected chi connectivity index (χ3v) is 5.25. The van der Waals surface area contributed by atoms with Crippen LogP contribution in [0.1, 0.15) is 26.3 Å². The van der Waals surface area contributed by atoms with Crippen molar-refractivity contribution in [3.63, 3.8) is 0 Å². The summed E-state index contributed by atoms with van der Waals surface area (Å²) in [7, 11) is 1.58. The molecular weight excluding hydrogens is 631 g/mol. The molecule has 36 heavy (non-hydrogen) atoms. The number of hydrogen-bond acceptors (Lipinski definition) is 6. The Morgan fingerprint density at radius 1 is 0.833 bits per heavy atom. The fourth-order valence-corrected chi connectivity index (χ4v) is 3.22. The maximum Gasteiger partial charge on any atom is 2.00 e. The molecule has 0 bridgehead atoms. The van der Waals surface area contributed by atoms with Crippen LogP contribution >= 0.6 is 0 Å². The topological polar surface area (TPSA) is 87.8 Å². The van der Waals surface area contributed by atoms with E-state index in [0.717, 1.165) is 33.9 Å². The van der Waals surface area contributed by atoms with E-state index in [1.807, 2.05) is 54.6 Å². The molecular formula is C28H26N6OPt. The Kier molecular flexibility index (Phi) is 9.20. The summed E-state index contributed by atoms with van der Waals surface area (Å²) >= 11 is 0. The first-order chi connectivity index (χ1) is 16.9. The zero-order valence-corrected chi connectivity index (χ0v) is 22.8. The summed E-state index contributed by atoms with van der Waals surface area (Å²) in [5, 5.41) is 16.3. The fraction of sp³-hybridized carbons (Fsp3) is 0.179. The van der Waals surface area contributed by atoms with Gasteiger partial charge in [0.25, 0.3) is 0 Å². The summed E-state index contributed by atoms with van der Waals surface area (Å²) in [6.07, 6.45) is 5.23. The predicted octanol–water partition coefficient (Wildman–Crippen LogP) is 5.41. The smallest absolute Gasteiger partial charge is 0.573 e. The molecule has 0 aliphatic carbocycles. The Morgan fingerprint density at radius 3 is 2.22 bits per heavy atom. The summed E-state index contributed by atoms with van der Waals surface area (Å²) in [4.78, 5) is 8.22. The van der Waals surface area contributed by atoms with Gasteiger partial charge in [0.05, 0.1) is 7.11 Å². The normalized spacial score (nSPS) is 10.6. The van der Waals surface area contributed by atoms with Crippen molar-refractivity contribution in [2.75, 3.05) is 7.11 Å². The number of nitrogens with zero attached hydrogens (tertiary/aromatic N) is 6. The van der Waals surface area contributed by atoms with Crippen molar-refractivity contribution >= 4 is 0 Å². The molecule has 0 unspecified atom stereocenters. The van der Waals surface area contributed by atoms with Gasteiger partial charge in [-0.05, 0) is 41.8 Å². The van der Waals surface area contributed by atoms with E-state index in [-0.39, 0.29) is 26.5 Å². The van der Waals surface area contributed by atoms with E-state index in [1.165, 1.54) is 5.56 Å². The van der Waals surface area contributed by atoms with E-state index in [0.29, 0.717) is 5.88 Å². The minimum Gasteiger partial charge on any atom is -0.573 e. The van der Waals surface area contributed by atoms with Crippen LogP contribution in [-0.4, -0.2) is 32.4 Å². The molecule has 0 spiro atoms. The summed E-state index contributed by atoms with van der Waals surface area (Å²) in [5.41, 5.74) is 6.61. The first-order valence-corrected chi connectivity index (χ1v) is 11.2. The van der Waals surface area contributed by atoms with Crippen LogP contribution in [0.15, 0.2) is 85.3 Å². The van der Waals surface area contributed by atoms with Gasteiger partial charge >= 0.3 is 21.1 Å². The number of pyridine rings is 2. The summed E-state index contributed by atoms with van der Waals surface area (Å²) in [5.74, 6) is 0.519. The molecule has 0 N–H and O–H groups in total. The number of methoxy groups -OCH3 is 1. The minimum atomic E-state index is 0. The van der Waals surface area contributed by atoms with Crippen LogP contribution < -0.4 is 9.84 Å². The standard InChI is InChI=1S/C15H17N2O.C13H9N4.Pt/c1-15(2,3)12-7-5-11(6-8-12)13-9-10-14(18-4)17-16-13;1-2-6-15-11(3-1)13-9-12(16-17-13)10-4-7-14-8-5-10;/h5,7-10H,1-4H3;1-9H;/q2*-1;+2. The van der Waals surface area contributed by atoms with Crippen molar-refractivity contribution in [3.05, 3.63) is 97.0 Å². The summed E-state index contributed by atoms with van der Waals surface area (Å²) in [6, 6.07) is 24.6. The van der Waals surface area contributed by atoms with Crippen LogP contribution in [0.25, 0.3) is 33.9 Å². The number of rotatable bonds is 4. The number of hydrogen-bond donors (Lipinski definition) is 0. The van der Waals surface area contributed by atoms with Crippen LogP contribution in [-0.2, 0) is 26.5 Å². The molecule has 0 amide bonds. The molecule has 5 rings (SSSR count). The minimum absolute atomic E-state index is 0. The van der Waals surface area contributed by atoms with Crippen LogP contribution in [0.3, 0.4) is 0 Å². The molecule has 0 radical (unpaired) electrons. The monoisotopic (exact) mass is 657 g/mol. The summed E-state index contributed by atoms with van der Waals surface area (Å²) < 4.78 is 4.99. The van der Waals surface area contributed by atoms with Gasteiger partial charge in [-0.15, -0.1) is 40.5 Å². The molecule has 184 valence electrons. The zero-order valence-electron chi connectivity index (χ0n) is 20.5. The van der Waals surface area contributed by atoms with E-state index < -0.39 is 0 Å². The molecule has 8 heteroatoms. The van der Waals surface area contributed by atoms with E-state index in [1.54, 1.807) is 31.8 Å². The molecule has 0 fully saturated rings. The molecule has 1 aromatic carbocycles. The first kappa shape index (κ1) is 26.9. The van der Waals surface area contributed by atoms with Crippen molar-refractivity contribution in [2.24, 2.45) is 0 Å². The third kappa shape index (κ3) is 6.92.